The molecule has 0 aliphatic carbocycles. The van der Waals surface area contributed by atoms with Crippen LogP contribution in [0.4, 0.5) is 0 Å². The highest BCUT2D eigenvalue weighted by Gasteiger charge is 1.94. The van der Waals surface area contributed by atoms with E-state index in [4.69, 9.17) is 0 Å². The Kier molecular flexibility index (Phi) is 4.91. The number of carbonyl (C=O) groups is 1. The van der Waals surface area contributed by atoms with Gasteiger partial charge >= 0.3 is 0 Å². The van der Waals surface area contributed by atoms with Crippen molar-refractivity contribution in [3.8, 4) is 11.8 Å². The SMILES string of the molecule is CC#CCC(=O)CCC. The summed E-state index contributed by atoms with van der Waals surface area (Å²) in [7, 11) is 0. The summed E-state index contributed by atoms with van der Waals surface area (Å²) in [6.07, 6.45) is 2.04. The van der Waals surface area contributed by atoms with E-state index in [9.17, 15) is 4.79 Å². The summed E-state index contributed by atoms with van der Waals surface area (Å²) in [5, 5.41) is 0. The van der Waals surface area contributed by atoms with Gasteiger partial charge in [-0.3, -0.25) is 4.79 Å². The third-order valence-corrected chi connectivity index (χ3v) is 0.991. The highest BCUT2D eigenvalue weighted by atomic mass is 16.1. The van der Waals surface area contributed by atoms with Gasteiger partial charge in [-0.05, 0) is 13.3 Å². The molecule has 0 N–H and O–H groups in total. The Morgan fingerprint density at radius 2 is 2.22 bits per heavy atom. The van der Waals surface area contributed by atoms with Crippen molar-refractivity contribution in [2.75, 3.05) is 0 Å². The van der Waals surface area contributed by atoms with Crippen LogP contribution >= 0.6 is 0 Å². The molecule has 0 aromatic carbocycles. The lowest BCUT2D eigenvalue weighted by Gasteiger charge is -1.87. The Balaban J connectivity index is 3.35. The van der Waals surface area contributed by atoms with Crippen LogP contribution in [-0.4, -0.2) is 5.78 Å². The van der Waals surface area contributed by atoms with E-state index >= 15 is 0 Å². The summed E-state index contributed by atoms with van der Waals surface area (Å²) in [4.78, 5) is 10.7. The van der Waals surface area contributed by atoms with Crippen molar-refractivity contribution in [1.29, 1.82) is 0 Å². The first-order chi connectivity index (χ1) is 4.31. The number of hydrogen-bond donors (Lipinski definition) is 0. The molecule has 0 heterocycles. The zero-order valence-electron chi connectivity index (χ0n) is 6.03. The minimum absolute atomic E-state index is 0.256. The molecule has 0 rings (SSSR count). The molecule has 0 atom stereocenters. The van der Waals surface area contributed by atoms with Crippen molar-refractivity contribution in [2.24, 2.45) is 0 Å². The molecule has 0 aromatic heterocycles. The van der Waals surface area contributed by atoms with Crippen LogP contribution < -0.4 is 0 Å². The predicted octanol–water partition coefficient (Wildman–Crippen LogP) is 1.77. The minimum atomic E-state index is 0.256. The van der Waals surface area contributed by atoms with Gasteiger partial charge in [0, 0.05) is 6.42 Å². The monoisotopic (exact) mass is 124 g/mol. The summed E-state index contributed by atoms with van der Waals surface area (Å²) in [5.74, 6) is 5.68. The molecule has 0 saturated carbocycles. The predicted molar refractivity (Wildman–Crippen MR) is 38.0 cm³/mol. The Bertz CT molecular complexity index is 136. The zero-order valence-corrected chi connectivity index (χ0v) is 6.03. The Labute approximate surface area is 56.5 Å². The van der Waals surface area contributed by atoms with E-state index in [1.54, 1.807) is 6.92 Å². The fourth-order valence-corrected chi connectivity index (χ4v) is 0.554. The van der Waals surface area contributed by atoms with Gasteiger partial charge in [0.15, 0.2) is 0 Å². The second-order valence-electron chi connectivity index (χ2n) is 1.89. The van der Waals surface area contributed by atoms with Crippen molar-refractivity contribution in [2.45, 2.75) is 33.1 Å². The van der Waals surface area contributed by atoms with Crippen LogP contribution in [0.15, 0.2) is 0 Å². The summed E-state index contributed by atoms with van der Waals surface area (Å²) in [6, 6.07) is 0. The van der Waals surface area contributed by atoms with Crippen LogP contribution in [-0.2, 0) is 4.79 Å². The van der Waals surface area contributed by atoms with Gasteiger partial charge < -0.3 is 0 Å². The minimum Gasteiger partial charge on any atom is -0.299 e. The van der Waals surface area contributed by atoms with Gasteiger partial charge in [0.1, 0.15) is 5.78 Å². The van der Waals surface area contributed by atoms with Gasteiger partial charge in [0.25, 0.3) is 0 Å². The molecule has 1 heteroatoms. The Morgan fingerprint density at radius 3 is 2.67 bits per heavy atom. The molecule has 0 fully saturated rings. The van der Waals surface area contributed by atoms with Gasteiger partial charge in [-0.15, -0.1) is 5.92 Å². The molecule has 1 nitrogen and oxygen atoms in total. The van der Waals surface area contributed by atoms with Gasteiger partial charge in [-0.25, -0.2) is 0 Å². The number of ketones is 1. The third-order valence-electron chi connectivity index (χ3n) is 0.991. The molecule has 0 radical (unpaired) electrons. The molecule has 0 unspecified atom stereocenters. The number of rotatable bonds is 3. The summed E-state index contributed by atoms with van der Waals surface area (Å²) >= 11 is 0. The smallest absolute Gasteiger partial charge is 0.144 e. The molecule has 50 valence electrons. The zero-order chi connectivity index (χ0) is 7.11. The van der Waals surface area contributed by atoms with Crippen LogP contribution in [0.5, 0.6) is 0 Å². The molecule has 0 amide bonds. The normalized spacial score (nSPS) is 7.78. The van der Waals surface area contributed by atoms with E-state index in [2.05, 4.69) is 11.8 Å². The second-order valence-corrected chi connectivity index (χ2v) is 1.89. The lowest BCUT2D eigenvalue weighted by atomic mass is 10.2. The van der Waals surface area contributed by atoms with Gasteiger partial charge in [0.2, 0.25) is 0 Å². The average molecular weight is 124 g/mol. The van der Waals surface area contributed by atoms with Crippen LogP contribution in [0.1, 0.15) is 33.1 Å². The molecule has 0 spiro atoms. The average Bonchev–Trinajstić information content (AvgIpc) is 1.85. The Hall–Kier alpha value is -0.770. The maximum absolute atomic E-state index is 10.7. The largest absolute Gasteiger partial charge is 0.299 e. The van der Waals surface area contributed by atoms with Crippen LogP contribution in [0.3, 0.4) is 0 Å². The lowest BCUT2D eigenvalue weighted by molar-refractivity contribution is -0.118. The van der Waals surface area contributed by atoms with Gasteiger partial charge in [-0.1, -0.05) is 12.8 Å². The van der Waals surface area contributed by atoms with E-state index in [0.29, 0.717) is 12.8 Å². The topological polar surface area (TPSA) is 17.1 Å². The van der Waals surface area contributed by atoms with E-state index < -0.39 is 0 Å². The van der Waals surface area contributed by atoms with Crippen LogP contribution in [0, 0.1) is 11.8 Å². The molecule has 0 saturated heterocycles. The molecular weight excluding hydrogens is 112 g/mol. The summed E-state index contributed by atoms with van der Waals surface area (Å²) in [6.45, 7) is 3.75. The summed E-state index contributed by atoms with van der Waals surface area (Å²) < 4.78 is 0. The second kappa shape index (κ2) is 5.37. The molecule has 9 heavy (non-hydrogen) atoms. The maximum Gasteiger partial charge on any atom is 0.144 e. The van der Waals surface area contributed by atoms with Crippen molar-refractivity contribution < 1.29 is 4.79 Å². The third kappa shape index (κ3) is 5.10. The number of hydrogen-bond acceptors (Lipinski definition) is 1. The first kappa shape index (κ1) is 8.23. The quantitative estimate of drug-likeness (QED) is 0.524. The number of Topliss-reactive ketones (excluding diaryl/α,β-unsaturated/α-hetero) is 1. The van der Waals surface area contributed by atoms with Gasteiger partial charge in [0.05, 0.1) is 6.42 Å². The number of carbonyl (C=O) groups excluding carboxylic acids is 1. The highest BCUT2D eigenvalue weighted by Crippen LogP contribution is 1.91. The first-order valence-electron chi connectivity index (χ1n) is 3.22. The standard InChI is InChI=1S/C8H12O/c1-3-5-7-8(9)6-4-2/h4,6-7H2,1-2H3. The first-order valence-corrected chi connectivity index (χ1v) is 3.22. The van der Waals surface area contributed by atoms with Crippen molar-refractivity contribution in [3.05, 3.63) is 0 Å². The highest BCUT2D eigenvalue weighted by molar-refractivity contribution is 5.80. The molecule has 0 aliphatic heterocycles. The van der Waals surface area contributed by atoms with Crippen LogP contribution in [0.25, 0.3) is 0 Å². The molecular formula is C8H12O. The molecule has 0 aromatic rings. The fourth-order valence-electron chi connectivity index (χ4n) is 0.554. The van der Waals surface area contributed by atoms with E-state index in [-0.39, 0.29) is 5.78 Å². The maximum atomic E-state index is 10.7. The lowest BCUT2D eigenvalue weighted by Crippen LogP contribution is -1.93. The van der Waals surface area contributed by atoms with Gasteiger partial charge in [-0.2, -0.15) is 0 Å². The van der Waals surface area contributed by atoms with Crippen molar-refractivity contribution in [1.82, 2.24) is 0 Å². The van der Waals surface area contributed by atoms with Crippen LogP contribution in [0.2, 0.25) is 0 Å². The van der Waals surface area contributed by atoms with E-state index in [0.717, 1.165) is 6.42 Å². The Morgan fingerprint density at radius 1 is 1.56 bits per heavy atom. The summed E-state index contributed by atoms with van der Waals surface area (Å²) in [5.41, 5.74) is 0. The molecule has 0 aliphatic rings. The van der Waals surface area contributed by atoms with E-state index in [1.165, 1.54) is 0 Å². The van der Waals surface area contributed by atoms with Crippen molar-refractivity contribution in [3.63, 3.8) is 0 Å². The fraction of sp³-hybridized carbons (Fsp3) is 0.625. The van der Waals surface area contributed by atoms with Crippen molar-refractivity contribution >= 4 is 5.78 Å². The molecule has 0 bridgehead atoms. The van der Waals surface area contributed by atoms with E-state index in [1.807, 2.05) is 6.92 Å².